The maximum Gasteiger partial charge on any atom is 0.0630 e. The Kier molecular flexibility index (Phi) is 3.61. The van der Waals surface area contributed by atoms with Gasteiger partial charge in [-0.3, -0.25) is 0 Å². The first-order valence-corrected chi connectivity index (χ1v) is 7.22. The Bertz CT molecular complexity index is 417. The van der Waals surface area contributed by atoms with Crippen molar-refractivity contribution in [3.8, 4) is 0 Å². The molecule has 3 rings (SSSR count). The third-order valence-corrected chi connectivity index (χ3v) is 4.46. The number of rotatable bonds is 3. The van der Waals surface area contributed by atoms with Gasteiger partial charge in [-0.2, -0.15) is 0 Å². The molecular weight excluding hydrogens is 238 g/mol. The summed E-state index contributed by atoms with van der Waals surface area (Å²) in [6.07, 6.45) is 0. The number of nitrogens with one attached hydrogen (secondary N) is 1. The lowest BCUT2D eigenvalue weighted by Gasteiger charge is -2.49. The lowest BCUT2D eigenvalue weighted by molar-refractivity contribution is -0.101. The van der Waals surface area contributed by atoms with Gasteiger partial charge in [0.05, 0.1) is 31.8 Å². The first kappa shape index (κ1) is 13.1. The smallest absolute Gasteiger partial charge is 0.0630 e. The van der Waals surface area contributed by atoms with Crippen molar-refractivity contribution in [2.24, 2.45) is 0 Å². The average molecular weight is 261 g/mol. The SMILES string of the molecule is CC(C)c1ccc(C2(C3COCCN3)COC2)cc1. The summed E-state index contributed by atoms with van der Waals surface area (Å²) in [6.45, 7) is 8.61. The van der Waals surface area contributed by atoms with E-state index in [-0.39, 0.29) is 5.41 Å². The number of morpholine rings is 1. The van der Waals surface area contributed by atoms with Crippen LogP contribution in [0.15, 0.2) is 24.3 Å². The van der Waals surface area contributed by atoms with Gasteiger partial charge < -0.3 is 14.8 Å². The molecule has 0 saturated carbocycles. The molecular formula is C16H23NO2. The van der Waals surface area contributed by atoms with Crippen molar-refractivity contribution in [2.45, 2.75) is 31.2 Å². The van der Waals surface area contributed by atoms with E-state index in [0.29, 0.717) is 12.0 Å². The second kappa shape index (κ2) is 5.23. The maximum absolute atomic E-state index is 5.63. The van der Waals surface area contributed by atoms with Crippen LogP contribution >= 0.6 is 0 Å². The van der Waals surface area contributed by atoms with Crippen LogP contribution in [0.25, 0.3) is 0 Å². The van der Waals surface area contributed by atoms with E-state index in [4.69, 9.17) is 9.47 Å². The molecule has 104 valence electrons. The van der Waals surface area contributed by atoms with E-state index in [0.717, 1.165) is 33.0 Å². The summed E-state index contributed by atoms with van der Waals surface area (Å²) in [5, 5.41) is 3.59. The summed E-state index contributed by atoms with van der Waals surface area (Å²) in [4.78, 5) is 0. The Balaban J connectivity index is 1.84. The number of ether oxygens (including phenoxy) is 2. The zero-order chi connectivity index (χ0) is 13.3. The van der Waals surface area contributed by atoms with Gasteiger partial charge in [-0.25, -0.2) is 0 Å². The van der Waals surface area contributed by atoms with Crippen molar-refractivity contribution in [1.29, 1.82) is 0 Å². The molecule has 1 aromatic carbocycles. The van der Waals surface area contributed by atoms with Crippen molar-refractivity contribution in [1.82, 2.24) is 5.32 Å². The fourth-order valence-electron chi connectivity index (χ4n) is 3.01. The van der Waals surface area contributed by atoms with Gasteiger partial charge in [0.15, 0.2) is 0 Å². The van der Waals surface area contributed by atoms with Crippen LogP contribution in [0.1, 0.15) is 30.9 Å². The minimum atomic E-state index is 0.107. The highest BCUT2D eigenvalue weighted by molar-refractivity contribution is 5.34. The minimum absolute atomic E-state index is 0.107. The van der Waals surface area contributed by atoms with Gasteiger partial charge in [0.2, 0.25) is 0 Å². The molecule has 0 amide bonds. The van der Waals surface area contributed by atoms with Crippen LogP contribution in [0.2, 0.25) is 0 Å². The summed E-state index contributed by atoms with van der Waals surface area (Å²) in [7, 11) is 0. The van der Waals surface area contributed by atoms with E-state index in [1.54, 1.807) is 0 Å². The molecule has 1 unspecified atom stereocenters. The Labute approximate surface area is 115 Å². The standard InChI is InChI=1S/C16H23NO2/c1-12(2)13-3-5-14(6-4-13)16(10-19-11-16)15-9-18-8-7-17-15/h3-6,12,15,17H,7-11H2,1-2H3. The second-order valence-electron chi connectivity index (χ2n) is 6.01. The molecule has 19 heavy (non-hydrogen) atoms. The van der Waals surface area contributed by atoms with Crippen molar-refractivity contribution < 1.29 is 9.47 Å². The summed E-state index contributed by atoms with van der Waals surface area (Å²) >= 11 is 0. The molecule has 0 aliphatic carbocycles. The van der Waals surface area contributed by atoms with Gasteiger partial charge in [-0.05, 0) is 17.0 Å². The fourth-order valence-corrected chi connectivity index (χ4v) is 3.01. The van der Waals surface area contributed by atoms with E-state index in [1.807, 2.05) is 0 Å². The number of benzene rings is 1. The van der Waals surface area contributed by atoms with Crippen LogP contribution in [0.3, 0.4) is 0 Å². The molecule has 0 radical (unpaired) electrons. The van der Waals surface area contributed by atoms with Crippen LogP contribution in [0.4, 0.5) is 0 Å². The van der Waals surface area contributed by atoms with Crippen molar-refractivity contribution >= 4 is 0 Å². The summed E-state index contributed by atoms with van der Waals surface area (Å²) in [5.41, 5.74) is 2.88. The minimum Gasteiger partial charge on any atom is -0.379 e. The van der Waals surface area contributed by atoms with Crippen LogP contribution in [0, 0.1) is 0 Å². The second-order valence-corrected chi connectivity index (χ2v) is 6.01. The van der Waals surface area contributed by atoms with Gasteiger partial charge in [0, 0.05) is 12.6 Å². The zero-order valence-electron chi connectivity index (χ0n) is 11.8. The van der Waals surface area contributed by atoms with Crippen molar-refractivity contribution in [3.63, 3.8) is 0 Å². The van der Waals surface area contributed by atoms with E-state index < -0.39 is 0 Å². The summed E-state index contributed by atoms with van der Waals surface area (Å²) < 4.78 is 11.2. The average Bonchev–Trinajstić information content (AvgIpc) is 2.39. The monoisotopic (exact) mass is 261 g/mol. The molecule has 2 fully saturated rings. The third kappa shape index (κ3) is 2.31. The Morgan fingerprint density at radius 2 is 1.89 bits per heavy atom. The largest absolute Gasteiger partial charge is 0.379 e. The first-order valence-electron chi connectivity index (χ1n) is 7.22. The lowest BCUT2D eigenvalue weighted by Crippen LogP contribution is -2.63. The van der Waals surface area contributed by atoms with Crippen LogP contribution in [-0.2, 0) is 14.9 Å². The zero-order valence-corrected chi connectivity index (χ0v) is 11.8. The first-order chi connectivity index (χ1) is 9.22. The highest BCUT2D eigenvalue weighted by Crippen LogP contribution is 2.37. The highest BCUT2D eigenvalue weighted by atomic mass is 16.5. The molecule has 0 spiro atoms. The molecule has 1 atom stereocenters. The van der Waals surface area contributed by atoms with E-state index in [1.165, 1.54) is 11.1 Å². The topological polar surface area (TPSA) is 30.5 Å². The lowest BCUT2D eigenvalue weighted by atomic mass is 9.72. The maximum atomic E-state index is 5.63. The normalized spacial score (nSPS) is 26.2. The molecule has 2 heterocycles. The molecule has 3 nitrogen and oxygen atoms in total. The molecule has 0 bridgehead atoms. The molecule has 2 aliphatic heterocycles. The van der Waals surface area contributed by atoms with Crippen LogP contribution in [-0.4, -0.2) is 39.0 Å². The number of hydrogen-bond donors (Lipinski definition) is 1. The fraction of sp³-hybridized carbons (Fsp3) is 0.625. The predicted octanol–water partition coefficient (Wildman–Crippen LogP) is 2.07. The quantitative estimate of drug-likeness (QED) is 0.903. The van der Waals surface area contributed by atoms with Crippen LogP contribution < -0.4 is 5.32 Å². The Morgan fingerprint density at radius 1 is 1.16 bits per heavy atom. The Hall–Kier alpha value is -0.900. The molecule has 1 N–H and O–H groups in total. The summed E-state index contributed by atoms with van der Waals surface area (Å²) in [6, 6.07) is 9.43. The van der Waals surface area contributed by atoms with Crippen molar-refractivity contribution in [3.05, 3.63) is 35.4 Å². The summed E-state index contributed by atoms with van der Waals surface area (Å²) in [5.74, 6) is 0.582. The van der Waals surface area contributed by atoms with Gasteiger partial charge in [-0.15, -0.1) is 0 Å². The van der Waals surface area contributed by atoms with Gasteiger partial charge in [0.1, 0.15) is 0 Å². The molecule has 2 saturated heterocycles. The predicted molar refractivity (Wildman–Crippen MR) is 75.6 cm³/mol. The van der Waals surface area contributed by atoms with E-state index in [9.17, 15) is 0 Å². The van der Waals surface area contributed by atoms with Gasteiger partial charge in [-0.1, -0.05) is 38.1 Å². The van der Waals surface area contributed by atoms with Crippen LogP contribution in [0.5, 0.6) is 0 Å². The number of hydrogen-bond acceptors (Lipinski definition) is 3. The molecule has 3 heteroatoms. The molecule has 0 aromatic heterocycles. The third-order valence-electron chi connectivity index (χ3n) is 4.46. The molecule has 2 aliphatic rings. The van der Waals surface area contributed by atoms with Gasteiger partial charge in [0.25, 0.3) is 0 Å². The highest BCUT2D eigenvalue weighted by Gasteiger charge is 2.47. The Morgan fingerprint density at radius 3 is 2.37 bits per heavy atom. The van der Waals surface area contributed by atoms with Gasteiger partial charge >= 0.3 is 0 Å². The molecule has 1 aromatic rings. The van der Waals surface area contributed by atoms with Crippen molar-refractivity contribution in [2.75, 3.05) is 33.0 Å². The van der Waals surface area contributed by atoms with E-state index >= 15 is 0 Å². The van der Waals surface area contributed by atoms with E-state index in [2.05, 4.69) is 43.4 Å².